The smallest absolute Gasteiger partial charge is 0.140 e. The fraction of sp³-hybridized carbons (Fsp3) is 0.818. The van der Waals surface area contributed by atoms with Crippen molar-refractivity contribution < 1.29 is 14.3 Å². The van der Waals surface area contributed by atoms with Gasteiger partial charge in [0.1, 0.15) is 11.6 Å². The van der Waals surface area contributed by atoms with Crippen molar-refractivity contribution in [2.75, 3.05) is 13.2 Å². The molecule has 0 aliphatic rings. The quantitative estimate of drug-likeness (QED) is 0.423. The van der Waals surface area contributed by atoms with E-state index in [1.165, 1.54) is 6.92 Å². The Morgan fingerprint density at radius 1 is 1.14 bits per heavy atom. The van der Waals surface area contributed by atoms with Crippen LogP contribution in [0.15, 0.2) is 0 Å². The minimum atomic E-state index is -0.0538. The third-order valence-electron chi connectivity index (χ3n) is 1.83. The van der Waals surface area contributed by atoms with Crippen LogP contribution in [-0.4, -0.2) is 24.8 Å². The molecule has 0 amide bonds. The molecule has 0 spiro atoms. The molecule has 0 saturated heterocycles. The normalized spacial score (nSPS) is 10.1. The van der Waals surface area contributed by atoms with Gasteiger partial charge in [-0.1, -0.05) is 13.3 Å². The number of unbranched alkanes of at least 4 members (excludes halogenated alkanes) is 1. The Bertz CT molecular complexity index is 175. The molecule has 82 valence electrons. The molecule has 0 saturated carbocycles. The molecule has 0 heterocycles. The molecule has 3 nitrogen and oxygen atoms in total. The third-order valence-corrected chi connectivity index (χ3v) is 1.83. The number of ether oxygens (including phenoxy) is 1. The molecule has 0 aliphatic heterocycles. The van der Waals surface area contributed by atoms with Gasteiger partial charge in [0.25, 0.3) is 0 Å². The fourth-order valence-electron chi connectivity index (χ4n) is 1.09. The Kier molecular flexibility index (Phi) is 8.43. The maximum Gasteiger partial charge on any atom is 0.140 e. The van der Waals surface area contributed by atoms with Crippen LogP contribution < -0.4 is 0 Å². The predicted molar refractivity (Wildman–Crippen MR) is 55.3 cm³/mol. The zero-order valence-electron chi connectivity index (χ0n) is 9.17. The highest BCUT2D eigenvalue weighted by Crippen LogP contribution is 1.97. The van der Waals surface area contributed by atoms with E-state index in [-0.39, 0.29) is 18.0 Å². The van der Waals surface area contributed by atoms with Crippen molar-refractivity contribution in [1.82, 2.24) is 0 Å². The number of Topliss-reactive ketones (excluding diaryl/α,β-unsaturated/α-hetero) is 2. The number of carbonyl (C=O) groups is 2. The Morgan fingerprint density at radius 2 is 1.79 bits per heavy atom. The van der Waals surface area contributed by atoms with Gasteiger partial charge in [-0.3, -0.25) is 9.59 Å². The number of hydrogen-bond acceptors (Lipinski definition) is 3. The van der Waals surface area contributed by atoms with E-state index in [0.29, 0.717) is 13.0 Å². The van der Waals surface area contributed by atoms with Crippen molar-refractivity contribution >= 4 is 11.6 Å². The molecule has 0 unspecified atom stereocenters. The lowest BCUT2D eigenvalue weighted by Crippen LogP contribution is -2.06. The summed E-state index contributed by atoms with van der Waals surface area (Å²) >= 11 is 0. The second-order valence-corrected chi connectivity index (χ2v) is 3.49. The zero-order chi connectivity index (χ0) is 10.8. The average molecular weight is 200 g/mol. The maximum absolute atomic E-state index is 11.1. The van der Waals surface area contributed by atoms with Gasteiger partial charge in [0.15, 0.2) is 0 Å². The van der Waals surface area contributed by atoms with E-state index in [9.17, 15) is 9.59 Å². The molecule has 0 aromatic heterocycles. The molecule has 0 N–H and O–H groups in total. The van der Waals surface area contributed by atoms with Gasteiger partial charge in [0.05, 0.1) is 6.42 Å². The number of hydrogen-bond donors (Lipinski definition) is 0. The highest BCUT2D eigenvalue weighted by atomic mass is 16.5. The first-order valence-corrected chi connectivity index (χ1v) is 5.25. The number of rotatable bonds is 9. The molecular formula is C11H20O3. The lowest BCUT2D eigenvalue weighted by Gasteiger charge is -2.01. The van der Waals surface area contributed by atoms with E-state index in [1.807, 2.05) is 0 Å². The summed E-state index contributed by atoms with van der Waals surface area (Å²) in [6.45, 7) is 4.95. The van der Waals surface area contributed by atoms with Crippen LogP contribution in [0.3, 0.4) is 0 Å². The Hall–Kier alpha value is -0.700. The fourth-order valence-corrected chi connectivity index (χ4v) is 1.09. The van der Waals surface area contributed by atoms with Gasteiger partial charge in [-0.2, -0.15) is 0 Å². The van der Waals surface area contributed by atoms with E-state index in [2.05, 4.69) is 6.92 Å². The minimum absolute atomic E-state index is 0.0246. The lowest BCUT2D eigenvalue weighted by molar-refractivity contribution is -0.126. The molecule has 14 heavy (non-hydrogen) atoms. The van der Waals surface area contributed by atoms with Crippen LogP contribution in [0.25, 0.3) is 0 Å². The van der Waals surface area contributed by atoms with Crippen molar-refractivity contribution in [3.63, 3.8) is 0 Å². The van der Waals surface area contributed by atoms with E-state index < -0.39 is 0 Å². The van der Waals surface area contributed by atoms with E-state index in [1.54, 1.807) is 0 Å². The summed E-state index contributed by atoms with van der Waals surface area (Å²) in [7, 11) is 0. The average Bonchev–Trinajstić information content (AvgIpc) is 2.10. The summed E-state index contributed by atoms with van der Waals surface area (Å²) in [6.07, 6.45) is 3.47. The van der Waals surface area contributed by atoms with Crippen LogP contribution in [0, 0.1) is 0 Å². The predicted octanol–water partition coefficient (Wildman–Crippen LogP) is 2.13. The maximum atomic E-state index is 11.1. The first-order valence-electron chi connectivity index (χ1n) is 5.25. The summed E-state index contributed by atoms with van der Waals surface area (Å²) < 4.78 is 5.29. The van der Waals surface area contributed by atoms with Crippen LogP contribution >= 0.6 is 0 Å². The van der Waals surface area contributed by atoms with E-state index in [0.717, 1.165) is 25.9 Å². The van der Waals surface area contributed by atoms with Crippen LogP contribution in [0.5, 0.6) is 0 Å². The molecule has 0 aromatic rings. The SMILES string of the molecule is CCCCOCCCC(=O)CC(C)=O. The van der Waals surface area contributed by atoms with Crippen molar-refractivity contribution in [3.05, 3.63) is 0 Å². The van der Waals surface area contributed by atoms with E-state index >= 15 is 0 Å². The lowest BCUT2D eigenvalue weighted by atomic mass is 10.1. The molecule has 0 aromatic carbocycles. The first-order chi connectivity index (χ1) is 6.66. The molecule has 0 aliphatic carbocycles. The monoisotopic (exact) mass is 200 g/mol. The van der Waals surface area contributed by atoms with E-state index in [4.69, 9.17) is 4.74 Å². The highest BCUT2D eigenvalue weighted by Gasteiger charge is 2.04. The van der Waals surface area contributed by atoms with Crippen LogP contribution in [-0.2, 0) is 14.3 Å². The molecule has 0 radical (unpaired) electrons. The Morgan fingerprint density at radius 3 is 2.36 bits per heavy atom. The summed E-state index contributed by atoms with van der Waals surface area (Å²) in [6, 6.07) is 0. The topological polar surface area (TPSA) is 43.4 Å². The standard InChI is InChI=1S/C11H20O3/c1-3-4-7-14-8-5-6-11(13)9-10(2)12/h3-9H2,1-2H3. The number of ketones is 2. The summed E-state index contributed by atoms with van der Waals surface area (Å²) in [5.74, 6) is -0.0292. The highest BCUT2D eigenvalue weighted by molar-refractivity contribution is 5.97. The minimum Gasteiger partial charge on any atom is -0.381 e. The molecule has 3 heteroatoms. The second-order valence-electron chi connectivity index (χ2n) is 3.49. The van der Waals surface area contributed by atoms with Gasteiger partial charge < -0.3 is 4.74 Å². The van der Waals surface area contributed by atoms with Gasteiger partial charge in [0, 0.05) is 19.6 Å². The Labute approximate surface area is 85.8 Å². The Balaban J connectivity index is 3.19. The molecule has 0 atom stereocenters. The largest absolute Gasteiger partial charge is 0.381 e. The van der Waals surface area contributed by atoms with Gasteiger partial charge in [-0.25, -0.2) is 0 Å². The van der Waals surface area contributed by atoms with Crippen LogP contribution in [0.1, 0.15) is 46.0 Å². The van der Waals surface area contributed by atoms with Crippen molar-refractivity contribution in [2.24, 2.45) is 0 Å². The van der Waals surface area contributed by atoms with Crippen molar-refractivity contribution in [3.8, 4) is 0 Å². The van der Waals surface area contributed by atoms with Gasteiger partial charge >= 0.3 is 0 Å². The van der Waals surface area contributed by atoms with Crippen LogP contribution in [0.2, 0.25) is 0 Å². The zero-order valence-corrected chi connectivity index (χ0v) is 9.17. The first kappa shape index (κ1) is 13.3. The van der Waals surface area contributed by atoms with Crippen molar-refractivity contribution in [2.45, 2.75) is 46.0 Å². The number of carbonyl (C=O) groups excluding carboxylic acids is 2. The van der Waals surface area contributed by atoms with Gasteiger partial charge in [-0.15, -0.1) is 0 Å². The van der Waals surface area contributed by atoms with Gasteiger partial charge in [0.2, 0.25) is 0 Å². The summed E-state index contributed by atoms with van der Waals surface area (Å²) in [5.41, 5.74) is 0. The molecule has 0 rings (SSSR count). The van der Waals surface area contributed by atoms with Crippen LogP contribution in [0.4, 0.5) is 0 Å². The molecule has 0 fully saturated rings. The molecule has 0 bridgehead atoms. The molecular weight excluding hydrogens is 180 g/mol. The van der Waals surface area contributed by atoms with Gasteiger partial charge in [-0.05, 0) is 19.8 Å². The third kappa shape index (κ3) is 9.39. The summed E-state index contributed by atoms with van der Waals surface area (Å²) in [4.78, 5) is 21.6. The second kappa shape index (κ2) is 8.88. The van der Waals surface area contributed by atoms with Crippen molar-refractivity contribution in [1.29, 1.82) is 0 Å². The summed E-state index contributed by atoms with van der Waals surface area (Å²) in [5, 5.41) is 0.